The molecule has 0 aliphatic heterocycles. The number of nitrogens with two attached hydrogens (primary N) is 1. The molecule has 1 aliphatic carbocycles. The van der Waals surface area contributed by atoms with Gasteiger partial charge in [-0.3, -0.25) is 0 Å². The summed E-state index contributed by atoms with van der Waals surface area (Å²) in [6, 6.07) is 3.78. The van der Waals surface area contributed by atoms with E-state index in [1.165, 1.54) is 0 Å². The Bertz CT molecular complexity index is 523. The van der Waals surface area contributed by atoms with Crippen molar-refractivity contribution in [3.05, 3.63) is 17.7 Å². The molecule has 0 amide bonds. The van der Waals surface area contributed by atoms with Gasteiger partial charge in [0.2, 0.25) is 5.75 Å². The summed E-state index contributed by atoms with van der Waals surface area (Å²) >= 11 is 0. The van der Waals surface area contributed by atoms with Crippen LogP contribution >= 0.6 is 0 Å². The van der Waals surface area contributed by atoms with Crippen LogP contribution in [-0.4, -0.2) is 21.3 Å². The highest BCUT2D eigenvalue weighted by Gasteiger charge is 2.67. The molecule has 0 radical (unpaired) electrons. The number of hydrogen-bond acceptors (Lipinski definition) is 4. The van der Waals surface area contributed by atoms with Crippen LogP contribution in [0, 0.1) is 16.7 Å². The molecule has 1 fully saturated rings. The summed E-state index contributed by atoms with van der Waals surface area (Å²) in [5, 5.41) is 0. The molecule has 4 heteroatoms. The van der Waals surface area contributed by atoms with Crippen LogP contribution in [0.4, 0.5) is 0 Å². The first-order chi connectivity index (χ1) is 9.73. The van der Waals surface area contributed by atoms with E-state index in [4.69, 9.17) is 19.9 Å². The molecule has 1 aromatic carbocycles. The number of hydrogen-bond donors (Lipinski definition) is 1. The summed E-state index contributed by atoms with van der Waals surface area (Å²) < 4.78 is 16.3. The second-order valence-electron chi connectivity index (χ2n) is 6.87. The highest BCUT2D eigenvalue weighted by molar-refractivity contribution is 5.57. The van der Waals surface area contributed by atoms with Crippen molar-refractivity contribution < 1.29 is 14.2 Å². The van der Waals surface area contributed by atoms with Gasteiger partial charge in [0.15, 0.2) is 11.5 Å². The third-order valence-corrected chi connectivity index (χ3v) is 5.59. The number of benzene rings is 1. The summed E-state index contributed by atoms with van der Waals surface area (Å²) in [6.07, 6.45) is 0. The maximum absolute atomic E-state index is 6.57. The minimum Gasteiger partial charge on any atom is -0.493 e. The second kappa shape index (κ2) is 5.09. The van der Waals surface area contributed by atoms with Gasteiger partial charge in [0.25, 0.3) is 0 Å². The van der Waals surface area contributed by atoms with Crippen molar-refractivity contribution in [3.8, 4) is 17.2 Å². The van der Waals surface area contributed by atoms with Gasteiger partial charge in [0.1, 0.15) is 0 Å². The standard InChI is InChI=1S/C17H27NO3/c1-16(2)15(17(16,3)4)12(18)10-8-9-11(19-5)14(21-7)13(10)20-6/h8-9,12,15H,18H2,1-7H3. The molecule has 0 heterocycles. The Morgan fingerprint density at radius 1 is 0.905 bits per heavy atom. The highest BCUT2D eigenvalue weighted by Crippen LogP contribution is 2.72. The van der Waals surface area contributed by atoms with Crippen molar-refractivity contribution in [2.24, 2.45) is 22.5 Å². The van der Waals surface area contributed by atoms with E-state index in [9.17, 15) is 0 Å². The zero-order chi connectivity index (χ0) is 16.0. The van der Waals surface area contributed by atoms with E-state index >= 15 is 0 Å². The van der Waals surface area contributed by atoms with Gasteiger partial charge in [0.05, 0.1) is 21.3 Å². The summed E-state index contributed by atoms with van der Waals surface area (Å²) in [6.45, 7) is 9.07. The van der Waals surface area contributed by atoms with Gasteiger partial charge in [-0.1, -0.05) is 27.7 Å². The van der Waals surface area contributed by atoms with Crippen LogP contribution in [0.5, 0.6) is 17.2 Å². The van der Waals surface area contributed by atoms with Gasteiger partial charge in [-0.2, -0.15) is 0 Å². The Hall–Kier alpha value is -1.42. The van der Waals surface area contributed by atoms with Crippen LogP contribution in [0.1, 0.15) is 39.3 Å². The molecule has 1 unspecified atom stereocenters. The van der Waals surface area contributed by atoms with Crippen molar-refractivity contribution >= 4 is 0 Å². The van der Waals surface area contributed by atoms with Crippen molar-refractivity contribution in [1.82, 2.24) is 0 Å². The van der Waals surface area contributed by atoms with E-state index < -0.39 is 0 Å². The Morgan fingerprint density at radius 2 is 1.43 bits per heavy atom. The summed E-state index contributed by atoms with van der Waals surface area (Å²) in [7, 11) is 4.86. The van der Waals surface area contributed by atoms with Crippen LogP contribution in [0.25, 0.3) is 0 Å². The minimum absolute atomic E-state index is 0.0928. The van der Waals surface area contributed by atoms with Crippen molar-refractivity contribution in [1.29, 1.82) is 0 Å². The molecule has 1 aromatic rings. The Kier molecular flexibility index (Phi) is 3.87. The molecule has 4 nitrogen and oxygen atoms in total. The fourth-order valence-electron chi connectivity index (χ4n) is 3.71. The van der Waals surface area contributed by atoms with E-state index in [0.717, 1.165) is 5.56 Å². The third-order valence-electron chi connectivity index (χ3n) is 5.59. The predicted octanol–water partition coefficient (Wildman–Crippen LogP) is 3.39. The van der Waals surface area contributed by atoms with Gasteiger partial charge in [-0.15, -0.1) is 0 Å². The molecule has 0 saturated heterocycles. The Labute approximate surface area is 127 Å². The van der Waals surface area contributed by atoms with Gasteiger partial charge in [-0.05, 0) is 28.9 Å². The smallest absolute Gasteiger partial charge is 0.203 e. The van der Waals surface area contributed by atoms with Gasteiger partial charge in [0, 0.05) is 11.6 Å². The molecule has 118 valence electrons. The SMILES string of the molecule is COc1ccc(C(N)C2C(C)(C)C2(C)C)c(OC)c1OC. The van der Waals surface area contributed by atoms with E-state index in [1.807, 2.05) is 12.1 Å². The Morgan fingerprint density at radius 3 is 1.81 bits per heavy atom. The molecule has 2 N–H and O–H groups in total. The van der Waals surface area contributed by atoms with Crippen molar-refractivity contribution in [2.45, 2.75) is 33.7 Å². The van der Waals surface area contributed by atoms with Crippen LogP contribution in [-0.2, 0) is 0 Å². The molecular formula is C17H27NO3. The van der Waals surface area contributed by atoms with E-state index in [0.29, 0.717) is 23.2 Å². The Balaban J connectivity index is 2.46. The molecule has 1 saturated carbocycles. The molecule has 0 aromatic heterocycles. The van der Waals surface area contributed by atoms with Gasteiger partial charge in [-0.25, -0.2) is 0 Å². The number of methoxy groups -OCH3 is 3. The molecule has 2 rings (SSSR count). The quantitative estimate of drug-likeness (QED) is 0.904. The van der Waals surface area contributed by atoms with Crippen molar-refractivity contribution in [2.75, 3.05) is 21.3 Å². The van der Waals surface area contributed by atoms with E-state index in [1.54, 1.807) is 21.3 Å². The van der Waals surface area contributed by atoms with E-state index in [2.05, 4.69) is 27.7 Å². The first-order valence-electron chi connectivity index (χ1n) is 7.28. The zero-order valence-corrected chi connectivity index (χ0v) is 14.1. The average molecular weight is 293 g/mol. The zero-order valence-electron chi connectivity index (χ0n) is 14.1. The summed E-state index contributed by atoms with van der Waals surface area (Å²) in [4.78, 5) is 0. The maximum atomic E-state index is 6.57. The lowest BCUT2D eigenvalue weighted by molar-refractivity contribution is 0.318. The topological polar surface area (TPSA) is 53.7 Å². The lowest BCUT2D eigenvalue weighted by Crippen LogP contribution is -2.18. The van der Waals surface area contributed by atoms with Gasteiger partial charge >= 0.3 is 0 Å². The van der Waals surface area contributed by atoms with Crippen LogP contribution in [0.3, 0.4) is 0 Å². The molecule has 1 atom stereocenters. The molecular weight excluding hydrogens is 266 g/mol. The summed E-state index contributed by atoms with van der Waals surface area (Å²) in [5.74, 6) is 2.32. The van der Waals surface area contributed by atoms with Gasteiger partial charge < -0.3 is 19.9 Å². The molecule has 0 bridgehead atoms. The average Bonchev–Trinajstić information content (AvgIpc) is 2.85. The monoisotopic (exact) mass is 293 g/mol. The summed E-state index contributed by atoms with van der Waals surface area (Å²) in [5.41, 5.74) is 7.96. The van der Waals surface area contributed by atoms with E-state index in [-0.39, 0.29) is 16.9 Å². The lowest BCUT2D eigenvalue weighted by atomic mass is 9.96. The first kappa shape index (κ1) is 16.0. The van der Waals surface area contributed by atoms with Crippen LogP contribution < -0.4 is 19.9 Å². The number of rotatable bonds is 5. The van der Waals surface area contributed by atoms with Crippen LogP contribution in [0.15, 0.2) is 12.1 Å². The fourth-order valence-corrected chi connectivity index (χ4v) is 3.71. The van der Waals surface area contributed by atoms with Crippen LogP contribution in [0.2, 0.25) is 0 Å². The largest absolute Gasteiger partial charge is 0.493 e. The maximum Gasteiger partial charge on any atom is 0.203 e. The molecule has 1 aliphatic rings. The fraction of sp³-hybridized carbons (Fsp3) is 0.647. The minimum atomic E-state index is -0.0928. The molecule has 0 spiro atoms. The predicted molar refractivity (Wildman–Crippen MR) is 84.1 cm³/mol. The lowest BCUT2D eigenvalue weighted by Gasteiger charge is -2.21. The molecule has 21 heavy (non-hydrogen) atoms. The second-order valence-corrected chi connectivity index (χ2v) is 6.87. The normalized spacial score (nSPS) is 20.8. The van der Waals surface area contributed by atoms with Crippen molar-refractivity contribution in [3.63, 3.8) is 0 Å². The first-order valence-corrected chi connectivity index (χ1v) is 7.28. The highest BCUT2D eigenvalue weighted by atomic mass is 16.5. The third kappa shape index (κ3) is 2.16. The number of ether oxygens (including phenoxy) is 3.